The van der Waals surface area contributed by atoms with Gasteiger partial charge in [-0.15, -0.1) is 0 Å². The van der Waals surface area contributed by atoms with Gasteiger partial charge in [0.2, 0.25) is 5.91 Å². The van der Waals surface area contributed by atoms with Crippen LogP contribution in [0.4, 0.5) is 13.2 Å². The third-order valence-electron chi connectivity index (χ3n) is 8.82. The molecule has 10 nitrogen and oxygen atoms in total. The van der Waals surface area contributed by atoms with Crippen molar-refractivity contribution in [2.75, 3.05) is 13.7 Å². The number of sulfone groups is 1. The molecular formula is C35H39ClF3N3O7S. The second-order valence-electron chi connectivity index (χ2n) is 12.7. The number of hydrogen-bond donors (Lipinski definition) is 2. The Kier molecular flexibility index (Phi) is 12.7. The first kappa shape index (κ1) is 38.8. The minimum Gasteiger partial charge on any atom is -0.497 e. The van der Waals surface area contributed by atoms with Gasteiger partial charge < -0.3 is 20.1 Å². The summed E-state index contributed by atoms with van der Waals surface area (Å²) in [5, 5.41) is 11.9. The molecule has 1 aliphatic rings. The number of benzene rings is 2. The van der Waals surface area contributed by atoms with Crippen molar-refractivity contribution in [3.63, 3.8) is 0 Å². The molecule has 0 saturated carbocycles. The minimum atomic E-state index is -5.01. The van der Waals surface area contributed by atoms with Gasteiger partial charge in [-0.2, -0.15) is 13.2 Å². The maximum atomic E-state index is 14.4. The third-order valence-corrected chi connectivity index (χ3v) is 11.1. The van der Waals surface area contributed by atoms with Crippen molar-refractivity contribution >= 4 is 39.0 Å². The van der Waals surface area contributed by atoms with Crippen LogP contribution in [0, 0.1) is 11.8 Å². The normalized spacial score (nSPS) is 18.4. The number of carbonyl (C=O) groups is 3. The quantitative estimate of drug-likeness (QED) is 0.240. The number of ether oxygens (including phenoxy) is 1. The Bertz CT molecular complexity index is 1760. The van der Waals surface area contributed by atoms with E-state index in [2.05, 4.69) is 10.3 Å². The molecule has 4 rings (SSSR count). The van der Waals surface area contributed by atoms with Crippen LogP contribution in [0.1, 0.15) is 48.3 Å². The molecule has 0 aliphatic carbocycles. The Morgan fingerprint density at radius 3 is 2.34 bits per heavy atom. The molecule has 2 heterocycles. The summed E-state index contributed by atoms with van der Waals surface area (Å²) in [5.74, 6) is -4.63. The lowest BCUT2D eigenvalue weighted by Crippen LogP contribution is -2.53. The molecule has 5 atom stereocenters. The van der Waals surface area contributed by atoms with Crippen molar-refractivity contribution in [2.24, 2.45) is 11.8 Å². The number of pyridine rings is 1. The number of hydrogen-bond acceptors (Lipinski definition) is 8. The fourth-order valence-electron chi connectivity index (χ4n) is 6.03. The number of aliphatic hydroxyl groups is 1. The second kappa shape index (κ2) is 16.3. The Morgan fingerprint density at radius 2 is 1.76 bits per heavy atom. The summed E-state index contributed by atoms with van der Waals surface area (Å²) in [6, 6.07) is 14.6. The highest BCUT2D eigenvalue weighted by Crippen LogP contribution is 2.35. The van der Waals surface area contributed by atoms with Gasteiger partial charge in [0.05, 0.1) is 24.2 Å². The van der Waals surface area contributed by atoms with E-state index in [0.29, 0.717) is 21.9 Å². The molecule has 0 bridgehead atoms. The number of carbonyl (C=O) groups excluding carboxylic acids is 3. The lowest BCUT2D eigenvalue weighted by atomic mass is 9.84. The number of likely N-dealkylation sites (tertiary alicyclic amines) is 1. The molecule has 2 N–H and O–H groups in total. The van der Waals surface area contributed by atoms with E-state index in [4.69, 9.17) is 16.3 Å². The van der Waals surface area contributed by atoms with Crippen LogP contribution in [-0.4, -0.2) is 84.3 Å². The standard InChI is InChI=1S/C35H39ClF3N3O7S/c1-21(2)27(32(44)35(37,38)39)18-31(43)30-17-26(50(47,48)20-22-10-12-25(49-3)13-11-22)19-42(30)34(46)29(16-23-7-6-8-24(36)15-23)41-33(45)28-9-4-5-14-40-28/h4-15,21,26-27,29-30,32,44H,16-20H2,1-3H3,(H,41,45)/t26-,27+,29+,30+,32+/m1/s1. The molecule has 1 fully saturated rings. The highest BCUT2D eigenvalue weighted by atomic mass is 35.5. The fourth-order valence-corrected chi connectivity index (χ4v) is 8.00. The molecule has 50 heavy (non-hydrogen) atoms. The predicted molar refractivity (Wildman–Crippen MR) is 180 cm³/mol. The number of nitrogens with one attached hydrogen (secondary N) is 1. The van der Waals surface area contributed by atoms with E-state index < -0.39 is 87.6 Å². The van der Waals surface area contributed by atoms with Crippen molar-refractivity contribution < 1.29 is 45.8 Å². The smallest absolute Gasteiger partial charge is 0.414 e. The van der Waals surface area contributed by atoms with E-state index in [1.165, 1.54) is 33.2 Å². The molecule has 2 amide bonds. The SMILES string of the molecule is COc1ccc(CS(=O)(=O)[C@@H]2C[C@@H](C(=O)C[C@@H](C(C)C)[C@H](O)C(F)(F)F)N(C(=O)[C@H](Cc3cccc(Cl)c3)NC(=O)c3ccccn3)C2)cc1. The summed E-state index contributed by atoms with van der Waals surface area (Å²) < 4.78 is 73.5. The van der Waals surface area contributed by atoms with E-state index in [0.717, 1.165) is 4.90 Å². The first-order valence-electron chi connectivity index (χ1n) is 15.9. The van der Waals surface area contributed by atoms with Gasteiger partial charge in [-0.05, 0) is 59.9 Å². The van der Waals surface area contributed by atoms with Gasteiger partial charge in [0.15, 0.2) is 21.7 Å². The summed E-state index contributed by atoms with van der Waals surface area (Å²) in [6.07, 6.45) is -7.70. The van der Waals surface area contributed by atoms with Crippen LogP contribution in [0.25, 0.3) is 0 Å². The molecule has 15 heteroatoms. The van der Waals surface area contributed by atoms with Gasteiger partial charge >= 0.3 is 6.18 Å². The Labute approximate surface area is 293 Å². The number of alkyl halides is 3. The minimum absolute atomic E-state index is 0.00805. The van der Waals surface area contributed by atoms with Gasteiger partial charge in [-0.3, -0.25) is 19.4 Å². The lowest BCUT2D eigenvalue weighted by Gasteiger charge is -2.31. The monoisotopic (exact) mass is 737 g/mol. The van der Waals surface area contributed by atoms with Crippen LogP contribution < -0.4 is 10.1 Å². The molecule has 1 aromatic heterocycles. The van der Waals surface area contributed by atoms with Gasteiger partial charge in [0.1, 0.15) is 17.5 Å². The Hall–Kier alpha value is -4.01. The van der Waals surface area contributed by atoms with Crippen molar-refractivity contribution in [1.82, 2.24) is 15.2 Å². The highest BCUT2D eigenvalue weighted by molar-refractivity contribution is 7.91. The van der Waals surface area contributed by atoms with Gasteiger partial charge in [0.25, 0.3) is 5.91 Å². The van der Waals surface area contributed by atoms with Crippen LogP contribution in [0.15, 0.2) is 72.9 Å². The summed E-state index contributed by atoms with van der Waals surface area (Å²) in [4.78, 5) is 46.6. The molecule has 0 spiro atoms. The Balaban J connectivity index is 1.70. The van der Waals surface area contributed by atoms with E-state index in [1.54, 1.807) is 60.7 Å². The second-order valence-corrected chi connectivity index (χ2v) is 15.4. The van der Waals surface area contributed by atoms with Crippen LogP contribution in [0.3, 0.4) is 0 Å². The van der Waals surface area contributed by atoms with Crippen LogP contribution >= 0.6 is 11.6 Å². The zero-order chi connectivity index (χ0) is 36.8. The molecular weight excluding hydrogens is 699 g/mol. The first-order chi connectivity index (χ1) is 23.5. The van der Waals surface area contributed by atoms with Crippen molar-refractivity contribution in [1.29, 1.82) is 0 Å². The van der Waals surface area contributed by atoms with E-state index in [9.17, 15) is 41.1 Å². The largest absolute Gasteiger partial charge is 0.497 e. The van der Waals surface area contributed by atoms with Crippen LogP contribution in [-0.2, 0) is 31.6 Å². The number of aromatic nitrogens is 1. The average molecular weight is 738 g/mol. The molecule has 1 aliphatic heterocycles. The zero-order valence-corrected chi connectivity index (χ0v) is 29.2. The summed E-state index contributed by atoms with van der Waals surface area (Å²) in [5.41, 5.74) is 0.954. The van der Waals surface area contributed by atoms with Crippen molar-refractivity contribution in [3.05, 3.63) is 94.8 Å². The van der Waals surface area contributed by atoms with Crippen LogP contribution in [0.2, 0.25) is 5.02 Å². The number of halogens is 4. The topological polar surface area (TPSA) is 143 Å². The third kappa shape index (κ3) is 9.82. The molecule has 270 valence electrons. The zero-order valence-electron chi connectivity index (χ0n) is 27.6. The Morgan fingerprint density at radius 1 is 1.06 bits per heavy atom. The number of Topliss-reactive ketones (excluding diaryl/α,β-unsaturated/α-hetero) is 1. The van der Waals surface area contributed by atoms with Gasteiger partial charge in [-0.1, -0.05) is 55.8 Å². The number of rotatable bonds is 14. The van der Waals surface area contributed by atoms with E-state index in [1.807, 2.05) is 0 Å². The van der Waals surface area contributed by atoms with Crippen molar-refractivity contribution in [2.45, 2.75) is 68.5 Å². The molecule has 3 aromatic rings. The average Bonchev–Trinajstić information content (AvgIpc) is 3.53. The number of aliphatic hydroxyl groups excluding tert-OH is 1. The number of ketones is 1. The van der Waals surface area contributed by atoms with Crippen LogP contribution in [0.5, 0.6) is 5.75 Å². The van der Waals surface area contributed by atoms with Gasteiger partial charge in [0, 0.05) is 36.5 Å². The van der Waals surface area contributed by atoms with Gasteiger partial charge in [-0.25, -0.2) is 8.42 Å². The lowest BCUT2D eigenvalue weighted by molar-refractivity contribution is -0.224. The maximum absolute atomic E-state index is 14.4. The number of nitrogens with zero attached hydrogens (tertiary/aromatic N) is 2. The molecule has 0 radical (unpaired) electrons. The summed E-state index contributed by atoms with van der Waals surface area (Å²) in [7, 11) is -2.58. The fraction of sp³-hybridized carbons (Fsp3) is 0.429. The number of methoxy groups -OCH3 is 1. The number of amides is 2. The van der Waals surface area contributed by atoms with E-state index in [-0.39, 0.29) is 18.5 Å². The van der Waals surface area contributed by atoms with Crippen molar-refractivity contribution in [3.8, 4) is 5.75 Å². The molecule has 2 aromatic carbocycles. The first-order valence-corrected chi connectivity index (χ1v) is 18.0. The highest BCUT2D eigenvalue weighted by Gasteiger charge is 2.49. The van der Waals surface area contributed by atoms with E-state index >= 15 is 0 Å². The molecule has 1 saturated heterocycles. The predicted octanol–water partition coefficient (Wildman–Crippen LogP) is 4.82. The summed E-state index contributed by atoms with van der Waals surface area (Å²) >= 11 is 6.17. The molecule has 0 unspecified atom stereocenters. The summed E-state index contributed by atoms with van der Waals surface area (Å²) in [6.45, 7) is 2.41. The maximum Gasteiger partial charge on any atom is 0.414 e.